The van der Waals surface area contributed by atoms with Gasteiger partial charge in [0, 0.05) is 24.2 Å². The van der Waals surface area contributed by atoms with Gasteiger partial charge in [-0.2, -0.15) is 0 Å². The van der Waals surface area contributed by atoms with Crippen molar-refractivity contribution in [2.45, 2.75) is 58.5 Å². The molecule has 4 nitrogen and oxygen atoms in total. The Morgan fingerprint density at radius 2 is 2.10 bits per heavy atom. The van der Waals surface area contributed by atoms with E-state index < -0.39 is 0 Å². The van der Waals surface area contributed by atoms with E-state index in [1.54, 1.807) is 6.92 Å². The van der Waals surface area contributed by atoms with E-state index in [4.69, 9.17) is 4.74 Å². The number of rotatable bonds is 3. The molecule has 0 saturated heterocycles. The lowest BCUT2D eigenvalue weighted by Crippen LogP contribution is -2.46. The van der Waals surface area contributed by atoms with E-state index in [9.17, 15) is 14.4 Å². The van der Waals surface area contributed by atoms with Gasteiger partial charge in [0.2, 0.25) is 0 Å². The largest absolute Gasteiger partial charge is 0.365 e. The first-order chi connectivity index (χ1) is 9.93. The minimum absolute atomic E-state index is 0.0235. The van der Waals surface area contributed by atoms with E-state index in [0.29, 0.717) is 25.0 Å². The van der Waals surface area contributed by atoms with Crippen molar-refractivity contribution in [3.05, 3.63) is 11.1 Å². The van der Waals surface area contributed by atoms with Crippen molar-refractivity contribution in [3.63, 3.8) is 0 Å². The zero-order valence-corrected chi connectivity index (χ0v) is 12.7. The molecule has 0 N–H and O–H groups in total. The van der Waals surface area contributed by atoms with Gasteiger partial charge >= 0.3 is 0 Å². The molecule has 0 radical (unpaired) electrons. The smallest absolute Gasteiger partial charge is 0.184 e. The quantitative estimate of drug-likeness (QED) is 0.800. The Morgan fingerprint density at radius 3 is 2.81 bits per heavy atom. The van der Waals surface area contributed by atoms with Crippen LogP contribution < -0.4 is 0 Å². The molecule has 0 aromatic heterocycles. The predicted octanol–water partition coefficient (Wildman–Crippen LogP) is 2.40. The first kappa shape index (κ1) is 14.6. The number of Topliss-reactive ketones (excluding diaryl/α,β-unsaturated/α-hetero) is 3. The van der Waals surface area contributed by atoms with Crippen molar-refractivity contribution in [2.75, 3.05) is 6.61 Å². The average molecular weight is 290 g/mol. The minimum atomic E-state index is -0.278. The highest BCUT2D eigenvalue weighted by molar-refractivity contribution is 5.99. The molecule has 0 unspecified atom stereocenters. The van der Waals surface area contributed by atoms with E-state index in [0.717, 1.165) is 30.4 Å². The Labute approximate surface area is 124 Å². The topological polar surface area (TPSA) is 60.4 Å². The average Bonchev–Trinajstić information content (AvgIpc) is 2.74. The summed E-state index contributed by atoms with van der Waals surface area (Å²) in [5.41, 5.74) is 1.60. The van der Waals surface area contributed by atoms with Crippen LogP contribution in [-0.2, 0) is 19.1 Å². The Bertz CT molecular complexity index is 545. The fraction of sp³-hybridized carbons (Fsp3) is 0.706. The van der Waals surface area contributed by atoms with Crippen LogP contribution in [0.3, 0.4) is 0 Å². The SMILES string of the molecule is CC(=O)CCC1=C2CC[C@]3(C)C(=O)CC[C@H]3[C@@H]2OCC1=O. The van der Waals surface area contributed by atoms with Crippen molar-refractivity contribution < 1.29 is 19.1 Å². The summed E-state index contributed by atoms with van der Waals surface area (Å²) < 4.78 is 5.81. The number of fused-ring (bicyclic) bond motifs is 3. The first-order valence-corrected chi connectivity index (χ1v) is 7.83. The summed E-state index contributed by atoms with van der Waals surface area (Å²) in [5.74, 6) is 0.678. The van der Waals surface area contributed by atoms with Crippen molar-refractivity contribution >= 4 is 17.3 Å². The third kappa shape index (κ3) is 2.30. The molecule has 4 heteroatoms. The fourth-order valence-corrected chi connectivity index (χ4v) is 4.26. The molecule has 2 saturated carbocycles. The lowest BCUT2D eigenvalue weighted by atomic mass is 9.64. The van der Waals surface area contributed by atoms with Crippen LogP contribution in [0.5, 0.6) is 0 Å². The second-order valence-electron chi connectivity index (χ2n) is 6.85. The minimum Gasteiger partial charge on any atom is -0.365 e. The van der Waals surface area contributed by atoms with Gasteiger partial charge in [0.1, 0.15) is 18.2 Å². The summed E-state index contributed by atoms with van der Waals surface area (Å²) in [6, 6.07) is 0. The molecular formula is C17H22O4. The highest BCUT2D eigenvalue weighted by atomic mass is 16.5. The first-order valence-electron chi connectivity index (χ1n) is 7.83. The van der Waals surface area contributed by atoms with Gasteiger partial charge in [-0.3, -0.25) is 9.59 Å². The van der Waals surface area contributed by atoms with E-state index in [1.165, 1.54) is 0 Å². The molecule has 2 aliphatic carbocycles. The number of ether oxygens (including phenoxy) is 1. The molecule has 0 spiro atoms. The van der Waals surface area contributed by atoms with Gasteiger partial charge < -0.3 is 9.53 Å². The van der Waals surface area contributed by atoms with E-state index in [1.807, 2.05) is 0 Å². The van der Waals surface area contributed by atoms with Crippen LogP contribution in [0.2, 0.25) is 0 Å². The van der Waals surface area contributed by atoms with E-state index >= 15 is 0 Å². The number of carbonyl (C=O) groups excluding carboxylic acids is 3. The molecule has 0 aromatic rings. The van der Waals surface area contributed by atoms with Gasteiger partial charge in [-0.15, -0.1) is 0 Å². The number of carbonyl (C=O) groups is 3. The maximum atomic E-state index is 12.2. The predicted molar refractivity (Wildman–Crippen MR) is 76.8 cm³/mol. The summed E-state index contributed by atoms with van der Waals surface area (Å²) in [6.07, 6.45) is 3.90. The van der Waals surface area contributed by atoms with Crippen molar-refractivity contribution in [1.82, 2.24) is 0 Å². The molecule has 0 amide bonds. The normalized spacial score (nSPS) is 35.7. The van der Waals surface area contributed by atoms with Gasteiger partial charge in [-0.1, -0.05) is 6.92 Å². The second-order valence-corrected chi connectivity index (χ2v) is 6.85. The van der Waals surface area contributed by atoms with Gasteiger partial charge in [-0.05, 0) is 43.8 Å². The Morgan fingerprint density at radius 1 is 1.33 bits per heavy atom. The molecule has 3 rings (SSSR count). The maximum Gasteiger partial charge on any atom is 0.184 e. The van der Waals surface area contributed by atoms with E-state index in [-0.39, 0.29) is 35.6 Å². The lowest BCUT2D eigenvalue weighted by Gasteiger charge is -2.44. The zero-order chi connectivity index (χ0) is 15.2. The van der Waals surface area contributed by atoms with Crippen LogP contribution in [0.15, 0.2) is 11.1 Å². The van der Waals surface area contributed by atoms with Gasteiger partial charge in [-0.25, -0.2) is 0 Å². The molecule has 3 aliphatic rings. The molecule has 0 aromatic carbocycles. The molecule has 2 fully saturated rings. The Balaban J connectivity index is 1.92. The number of hydrogen-bond acceptors (Lipinski definition) is 4. The molecule has 1 heterocycles. The molecule has 1 aliphatic heterocycles. The van der Waals surface area contributed by atoms with Crippen LogP contribution in [0.1, 0.15) is 52.4 Å². The third-order valence-corrected chi connectivity index (χ3v) is 5.61. The van der Waals surface area contributed by atoms with Crippen LogP contribution in [0.25, 0.3) is 0 Å². The van der Waals surface area contributed by atoms with Crippen molar-refractivity contribution in [2.24, 2.45) is 11.3 Å². The summed E-state index contributed by atoms with van der Waals surface area (Å²) in [6.45, 7) is 3.71. The molecular weight excluding hydrogens is 268 g/mol. The van der Waals surface area contributed by atoms with E-state index in [2.05, 4.69) is 6.92 Å². The van der Waals surface area contributed by atoms with Crippen molar-refractivity contribution in [1.29, 1.82) is 0 Å². The fourth-order valence-electron chi connectivity index (χ4n) is 4.26. The second kappa shape index (κ2) is 5.16. The standard InChI is InChI=1S/C17H22O4/c1-10(18)3-4-11-12-7-8-17(2)13(5-6-15(17)20)16(12)21-9-14(11)19/h13,16H,3-9H2,1-2H3/t13-,16+,17-/m0/s1. The van der Waals surface area contributed by atoms with Gasteiger partial charge in [0.25, 0.3) is 0 Å². The zero-order valence-electron chi connectivity index (χ0n) is 12.7. The summed E-state index contributed by atoms with van der Waals surface area (Å²) in [4.78, 5) is 35.5. The summed E-state index contributed by atoms with van der Waals surface area (Å²) in [7, 11) is 0. The number of hydrogen-bond donors (Lipinski definition) is 0. The molecule has 114 valence electrons. The highest BCUT2D eigenvalue weighted by Crippen LogP contribution is 2.53. The van der Waals surface area contributed by atoms with Crippen LogP contribution in [-0.4, -0.2) is 30.1 Å². The maximum absolute atomic E-state index is 12.2. The van der Waals surface area contributed by atoms with Crippen LogP contribution in [0, 0.1) is 11.3 Å². The number of ketones is 3. The van der Waals surface area contributed by atoms with Crippen LogP contribution >= 0.6 is 0 Å². The summed E-state index contributed by atoms with van der Waals surface area (Å²) >= 11 is 0. The van der Waals surface area contributed by atoms with Crippen molar-refractivity contribution in [3.8, 4) is 0 Å². The van der Waals surface area contributed by atoms with Gasteiger partial charge in [0.05, 0.1) is 6.10 Å². The summed E-state index contributed by atoms with van der Waals surface area (Å²) in [5, 5.41) is 0. The third-order valence-electron chi connectivity index (χ3n) is 5.61. The lowest BCUT2D eigenvalue weighted by molar-refractivity contribution is -0.133. The molecule has 3 atom stereocenters. The molecule has 21 heavy (non-hydrogen) atoms. The van der Waals surface area contributed by atoms with Crippen LogP contribution in [0.4, 0.5) is 0 Å². The monoisotopic (exact) mass is 290 g/mol. The van der Waals surface area contributed by atoms with Gasteiger partial charge in [0.15, 0.2) is 5.78 Å². The Hall–Kier alpha value is -1.29. The molecule has 0 bridgehead atoms. The highest BCUT2D eigenvalue weighted by Gasteiger charge is 2.54. The Kier molecular flexibility index (Phi) is 3.60.